The number of thiophene rings is 1. The van der Waals surface area contributed by atoms with Gasteiger partial charge in [-0.2, -0.15) is 0 Å². The second-order valence-corrected chi connectivity index (χ2v) is 7.10. The fourth-order valence-electron chi connectivity index (χ4n) is 2.33. The molecule has 1 heterocycles. The van der Waals surface area contributed by atoms with Crippen LogP contribution in [0.1, 0.15) is 41.6 Å². The maximum atomic E-state index is 6.27. The summed E-state index contributed by atoms with van der Waals surface area (Å²) in [6.07, 6.45) is 0.976. The minimum absolute atomic E-state index is 0.258. The SMILES string of the molecule is CCCOc1ccc(NC(C)c2cc(C)sc2C)cc1Cl. The van der Waals surface area contributed by atoms with Crippen LogP contribution in [0.15, 0.2) is 24.3 Å². The molecule has 1 unspecified atom stereocenters. The summed E-state index contributed by atoms with van der Waals surface area (Å²) < 4.78 is 5.59. The highest BCUT2D eigenvalue weighted by atomic mass is 35.5. The van der Waals surface area contributed by atoms with Crippen molar-refractivity contribution >= 4 is 28.6 Å². The Hall–Kier alpha value is -1.19. The maximum Gasteiger partial charge on any atom is 0.138 e. The molecule has 0 aliphatic rings. The van der Waals surface area contributed by atoms with Crippen molar-refractivity contribution in [3.8, 4) is 5.75 Å². The van der Waals surface area contributed by atoms with E-state index in [1.165, 1.54) is 15.3 Å². The minimum atomic E-state index is 0.258. The molecular formula is C17H22ClNOS. The van der Waals surface area contributed by atoms with Crippen LogP contribution in [-0.2, 0) is 0 Å². The van der Waals surface area contributed by atoms with Crippen molar-refractivity contribution in [3.05, 3.63) is 44.6 Å². The highest BCUT2D eigenvalue weighted by molar-refractivity contribution is 7.12. The van der Waals surface area contributed by atoms with E-state index in [-0.39, 0.29) is 6.04 Å². The van der Waals surface area contributed by atoms with Gasteiger partial charge in [-0.25, -0.2) is 0 Å². The van der Waals surface area contributed by atoms with Gasteiger partial charge in [-0.15, -0.1) is 11.3 Å². The molecule has 0 aliphatic heterocycles. The van der Waals surface area contributed by atoms with Gasteiger partial charge in [0, 0.05) is 21.5 Å². The van der Waals surface area contributed by atoms with Crippen LogP contribution in [0.2, 0.25) is 5.02 Å². The monoisotopic (exact) mass is 323 g/mol. The van der Waals surface area contributed by atoms with Crippen LogP contribution in [-0.4, -0.2) is 6.61 Å². The Morgan fingerprint density at radius 1 is 1.29 bits per heavy atom. The number of hydrogen-bond donors (Lipinski definition) is 1. The van der Waals surface area contributed by atoms with Crippen LogP contribution in [0.25, 0.3) is 0 Å². The highest BCUT2D eigenvalue weighted by Gasteiger charge is 2.12. The molecule has 0 saturated carbocycles. The van der Waals surface area contributed by atoms with Crippen LogP contribution in [0, 0.1) is 13.8 Å². The molecule has 0 aliphatic carbocycles. The third-order valence-corrected chi connectivity index (χ3v) is 4.60. The largest absolute Gasteiger partial charge is 0.492 e. The maximum absolute atomic E-state index is 6.27. The molecule has 2 nitrogen and oxygen atoms in total. The van der Waals surface area contributed by atoms with E-state index in [1.54, 1.807) is 0 Å². The summed E-state index contributed by atoms with van der Waals surface area (Å²) >= 11 is 8.10. The second-order valence-electron chi connectivity index (χ2n) is 5.23. The zero-order chi connectivity index (χ0) is 15.4. The highest BCUT2D eigenvalue weighted by Crippen LogP contribution is 2.32. The summed E-state index contributed by atoms with van der Waals surface area (Å²) in [5.74, 6) is 0.749. The lowest BCUT2D eigenvalue weighted by molar-refractivity contribution is 0.317. The van der Waals surface area contributed by atoms with Gasteiger partial charge in [0.2, 0.25) is 0 Å². The summed E-state index contributed by atoms with van der Waals surface area (Å²) in [4.78, 5) is 2.71. The van der Waals surface area contributed by atoms with Crippen molar-refractivity contribution in [3.63, 3.8) is 0 Å². The molecule has 1 aromatic carbocycles. The van der Waals surface area contributed by atoms with Gasteiger partial charge < -0.3 is 10.1 Å². The Labute approximate surface area is 136 Å². The molecule has 21 heavy (non-hydrogen) atoms. The molecule has 1 atom stereocenters. The molecule has 1 aromatic heterocycles. The first kappa shape index (κ1) is 16.2. The smallest absolute Gasteiger partial charge is 0.138 e. The number of anilines is 1. The van der Waals surface area contributed by atoms with Crippen LogP contribution in [0.5, 0.6) is 5.75 Å². The van der Waals surface area contributed by atoms with E-state index in [0.717, 1.165) is 17.9 Å². The van der Waals surface area contributed by atoms with Gasteiger partial charge in [0.1, 0.15) is 5.75 Å². The van der Waals surface area contributed by atoms with Crippen LogP contribution in [0.3, 0.4) is 0 Å². The Balaban J connectivity index is 2.09. The first-order chi connectivity index (χ1) is 10.0. The molecule has 0 spiro atoms. The van der Waals surface area contributed by atoms with Crippen LogP contribution < -0.4 is 10.1 Å². The Kier molecular flexibility index (Phi) is 5.54. The van der Waals surface area contributed by atoms with Gasteiger partial charge in [0.05, 0.1) is 11.6 Å². The Bertz CT molecular complexity index is 609. The number of nitrogens with one attached hydrogen (secondary N) is 1. The lowest BCUT2D eigenvalue weighted by atomic mass is 10.1. The number of rotatable bonds is 6. The van der Waals surface area contributed by atoms with Gasteiger partial charge in [-0.05, 0) is 57.0 Å². The van der Waals surface area contributed by atoms with E-state index in [2.05, 4.69) is 39.1 Å². The number of aryl methyl sites for hydroxylation is 2. The number of hydrogen-bond acceptors (Lipinski definition) is 3. The minimum Gasteiger partial charge on any atom is -0.492 e. The third-order valence-electron chi connectivity index (χ3n) is 3.32. The molecule has 114 valence electrons. The summed E-state index contributed by atoms with van der Waals surface area (Å²) in [6.45, 7) is 9.25. The number of benzene rings is 1. The lowest BCUT2D eigenvalue weighted by Gasteiger charge is -2.16. The van der Waals surface area contributed by atoms with Gasteiger partial charge in [0.25, 0.3) is 0 Å². The topological polar surface area (TPSA) is 21.3 Å². The van der Waals surface area contributed by atoms with Crippen LogP contribution in [0.4, 0.5) is 5.69 Å². The molecule has 0 bridgehead atoms. The summed E-state index contributed by atoms with van der Waals surface area (Å²) in [6, 6.07) is 8.38. The third kappa shape index (κ3) is 4.14. The molecule has 0 saturated heterocycles. The quantitative estimate of drug-likeness (QED) is 0.706. The predicted octanol–water partition coefficient (Wildman–Crippen LogP) is 5.98. The Morgan fingerprint density at radius 3 is 2.62 bits per heavy atom. The van der Waals surface area contributed by atoms with E-state index in [9.17, 15) is 0 Å². The Morgan fingerprint density at radius 2 is 2.05 bits per heavy atom. The average Bonchev–Trinajstić information content (AvgIpc) is 2.77. The van der Waals surface area contributed by atoms with Gasteiger partial charge in [0.15, 0.2) is 0 Å². The van der Waals surface area contributed by atoms with Crippen molar-refractivity contribution in [2.45, 2.75) is 40.2 Å². The van der Waals surface area contributed by atoms with Crippen molar-refractivity contribution in [2.75, 3.05) is 11.9 Å². The number of ether oxygens (including phenoxy) is 1. The van der Waals surface area contributed by atoms with E-state index < -0.39 is 0 Å². The molecule has 1 N–H and O–H groups in total. The first-order valence-corrected chi connectivity index (χ1v) is 8.46. The van der Waals surface area contributed by atoms with E-state index >= 15 is 0 Å². The molecule has 4 heteroatoms. The lowest BCUT2D eigenvalue weighted by Crippen LogP contribution is -2.07. The van der Waals surface area contributed by atoms with Crippen molar-refractivity contribution < 1.29 is 4.74 Å². The van der Waals surface area contributed by atoms with Gasteiger partial charge in [-0.1, -0.05) is 18.5 Å². The van der Waals surface area contributed by atoms with Gasteiger partial charge in [-0.3, -0.25) is 0 Å². The van der Waals surface area contributed by atoms with Crippen molar-refractivity contribution in [1.29, 1.82) is 0 Å². The van der Waals surface area contributed by atoms with E-state index in [0.29, 0.717) is 11.6 Å². The first-order valence-electron chi connectivity index (χ1n) is 7.27. The van der Waals surface area contributed by atoms with E-state index in [1.807, 2.05) is 29.5 Å². The summed E-state index contributed by atoms with van der Waals surface area (Å²) in [5.41, 5.74) is 2.36. The zero-order valence-corrected chi connectivity index (χ0v) is 14.6. The molecule has 0 radical (unpaired) electrons. The second kappa shape index (κ2) is 7.19. The molecule has 2 rings (SSSR count). The fourth-order valence-corrected chi connectivity index (χ4v) is 3.59. The van der Waals surface area contributed by atoms with Crippen molar-refractivity contribution in [2.24, 2.45) is 0 Å². The van der Waals surface area contributed by atoms with Crippen LogP contribution >= 0.6 is 22.9 Å². The summed E-state index contributed by atoms with van der Waals surface area (Å²) in [7, 11) is 0. The summed E-state index contributed by atoms with van der Waals surface area (Å²) in [5, 5.41) is 4.15. The van der Waals surface area contributed by atoms with Crippen molar-refractivity contribution in [1.82, 2.24) is 0 Å². The van der Waals surface area contributed by atoms with E-state index in [4.69, 9.17) is 16.3 Å². The fraction of sp³-hybridized carbons (Fsp3) is 0.412. The zero-order valence-electron chi connectivity index (χ0n) is 13.0. The molecule has 0 amide bonds. The average molecular weight is 324 g/mol. The molecule has 0 fully saturated rings. The molecule has 2 aromatic rings. The standard InChI is InChI=1S/C17H22ClNOS/c1-5-8-20-17-7-6-14(10-16(17)18)19-12(3)15-9-11(2)21-13(15)4/h6-7,9-10,12,19H,5,8H2,1-4H3. The predicted molar refractivity (Wildman–Crippen MR) is 93.1 cm³/mol. The molecular weight excluding hydrogens is 302 g/mol. The number of halogens is 1. The normalized spacial score (nSPS) is 12.2. The van der Waals surface area contributed by atoms with Gasteiger partial charge >= 0.3 is 0 Å².